The molecule has 0 saturated heterocycles. The highest BCUT2D eigenvalue weighted by Gasteiger charge is 2.16. The predicted molar refractivity (Wildman–Crippen MR) is 88.6 cm³/mol. The SMILES string of the molecule is CCNC(Cc1ccc(Cl)s1)c1cc(Br)ccc1Cl. The topological polar surface area (TPSA) is 12.0 Å². The highest BCUT2D eigenvalue weighted by atomic mass is 79.9. The number of nitrogens with one attached hydrogen (secondary N) is 1. The van der Waals surface area contributed by atoms with Gasteiger partial charge in [0.25, 0.3) is 0 Å². The summed E-state index contributed by atoms with van der Waals surface area (Å²) in [6.45, 7) is 2.99. The van der Waals surface area contributed by atoms with Crippen LogP contribution in [0.4, 0.5) is 0 Å². The fraction of sp³-hybridized carbons (Fsp3) is 0.286. The summed E-state index contributed by atoms with van der Waals surface area (Å²) in [6.07, 6.45) is 0.890. The highest BCUT2D eigenvalue weighted by Crippen LogP contribution is 2.31. The van der Waals surface area contributed by atoms with Crippen LogP contribution in [0.1, 0.15) is 23.4 Å². The molecule has 0 bridgehead atoms. The molecular formula is C14H14BrCl2NS. The first kappa shape index (κ1) is 15.3. The van der Waals surface area contributed by atoms with E-state index in [1.54, 1.807) is 11.3 Å². The lowest BCUT2D eigenvalue weighted by Crippen LogP contribution is -2.23. The van der Waals surface area contributed by atoms with Crippen molar-refractivity contribution < 1.29 is 0 Å². The lowest BCUT2D eigenvalue weighted by atomic mass is 10.0. The van der Waals surface area contributed by atoms with E-state index in [0.717, 1.165) is 32.4 Å². The number of halogens is 3. The molecule has 0 aliphatic rings. The molecule has 0 fully saturated rings. The molecule has 2 rings (SSSR count). The van der Waals surface area contributed by atoms with Gasteiger partial charge in [0, 0.05) is 26.8 Å². The van der Waals surface area contributed by atoms with E-state index in [1.165, 1.54) is 4.88 Å². The second-order valence-corrected chi connectivity index (χ2v) is 7.31. The van der Waals surface area contributed by atoms with E-state index in [2.05, 4.69) is 40.3 Å². The van der Waals surface area contributed by atoms with Gasteiger partial charge in [0.2, 0.25) is 0 Å². The molecule has 1 unspecified atom stereocenters. The highest BCUT2D eigenvalue weighted by molar-refractivity contribution is 9.10. The zero-order chi connectivity index (χ0) is 13.8. The van der Waals surface area contributed by atoms with Gasteiger partial charge in [-0.3, -0.25) is 0 Å². The molecule has 0 aliphatic carbocycles. The van der Waals surface area contributed by atoms with Crippen LogP contribution in [0.5, 0.6) is 0 Å². The molecule has 0 spiro atoms. The normalized spacial score (nSPS) is 12.6. The number of thiophene rings is 1. The van der Waals surface area contributed by atoms with Crippen molar-refractivity contribution in [2.45, 2.75) is 19.4 Å². The minimum atomic E-state index is 0.199. The Morgan fingerprint density at radius 1 is 1.26 bits per heavy atom. The molecule has 1 aromatic carbocycles. The number of likely N-dealkylation sites (N-methyl/N-ethyl adjacent to an activating group) is 1. The maximum Gasteiger partial charge on any atom is 0.0931 e. The van der Waals surface area contributed by atoms with Crippen LogP contribution >= 0.6 is 50.5 Å². The quantitative estimate of drug-likeness (QED) is 0.702. The Kier molecular flexibility index (Phi) is 5.72. The van der Waals surface area contributed by atoms with E-state index < -0.39 is 0 Å². The molecule has 0 saturated carbocycles. The summed E-state index contributed by atoms with van der Waals surface area (Å²) in [4.78, 5) is 1.26. The lowest BCUT2D eigenvalue weighted by molar-refractivity contribution is 0.553. The Balaban J connectivity index is 2.26. The predicted octanol–water partition coefficient (Wildman–Crippen LogP) is 5.71. The van der Waals surface area contributed by atoms with Crippen molar-refractivity contribution in [3.63, 3.8) is 0 Å². The summed E-state index contributed by atoms with van der Waals surface area (Å²) in [5.41, 5.74) is 1.11. The minimum Gasteiger partial charge on any atom is -0.310 e. The molecule has 1 nitrogen and oxygen atoms in total. The third-order valence-electron chi connectivity index (χ3n) is 2.82. The zero-order valence-corrected chi connectivity index (χ0v) is 14.3. The molecule has 102 valence electrons. The van der Waals surface area contributed by atoms with Crippen molar-refractivity contribution >= 4 is 50.5 Å². The molecule has 1 aromatic heterocycles. The summed E-state index contributed by atoms with van der Waals surface area (Å²) in [5, 5.41) is 4.27. The van der Waals surface area contributed by atoms with Crippen molar-refractivity contribution in [3.05, 3.63) is 54.6 Å². The Hall–Kier alpha value is -0.0600. The van der Waals surface area contributed by atoms with Crippen molar-refractivity contribution in [2.24, 2.45) is 0 Å². The number of hydrogen-bond donors (Lipinski definition) is 1. The van der Waals surface area contributed by atoms with E-state index >= 15 is 0 Å². The van der Waals surface area contributed by atoms with Gasteiger partial charge in [-0.05, 0) is 42.4 Å². The third kappa shape index (κ3) is 4.20. The van der Waals surface area contributed by atoms with Crippen LogP contribution in [0.2, 0.25) is 9.36 Å². The van der Waals surface area contributed by atoms with E-state index in [-0.39, 0.29) is 6.04 Å². The molecule has 5 heteroatoms. The van der Waals surface area contributed by atoms with Gasteiger partial charge in [0.1, 0.15) is 0 Å². The van der Waals surface area contributed by atoms with Gasteiger partial charge in [-0.15, -0.1) is 11.3 Å². The summed E-state index contributed by atoms with van der Waals surface area (Å²) >= 11 is 17.4. The second-order valence-electron chi connectivity index (χ2n) is 4.19. The van der Waals surface area contributed by atoms with Crippen molar-refractivity contribution in [3.8, 4) is 0 Å². The van der Waals surface area contributed by atoms with Gasteiger partial charge in [-0.1, -0.05) is 46.1 Å². The van der Waals surface area contributed by atoms with Crippen molar-refractivity contribution in [1.82, 2.24) is 5.32 Å². The average Bonchev–Trinajstić information content (AvgIpc) is 2.77. The fourth-order valence-corrected chi connectivity index (χ4v) is 3.74. The molecule has 1 atom stereocenters. The average molecular weight is 379 g/mol. The largest absolute Gasteiger partial charge is 0.310 e. The van der Waals surface area contributed by atoms with E-state index in [1.807, 2.05) is 18.2 Å². The summed E-state index contributed by atoms with van der Waals surface area (Å²) in [6, 6.07) is 10.2. The first-order valence-electron chi connectivity index (χ1n) is 6.02. The smallest absolute Gasteiger partial charge is 0.0931 e. The summed E-state index contributed by atoms with van der Waals surface area (Å²) in [7, 11) is 0. The molecule has 1 N–H and O–H groups in total. The molecular weight excluding hydrogens is 365 g/mol. The van der Waals surface area contributed by atoms with Crippen LogP contribution in [0.25, 0.3) is 0 Å². The number of hydrogen-bond acceptors (Lipinski definition) is 2. The summed E-state index contributed by atoms with van der Waals surface area (Å²) in [5.74, 6) is 0. The van der Waals surface area contributed by atoms with Crippen LogP contribution in [-0.4, -0.2) is 6.54 Å². The molecule has 1 heterocycles. The fourth-order valence-electron chi connectivity index (χ4n) is 1.98. The second kappa shape index (κ2) is 7.09. The van der Waals surface area contributed by atoms with Gasteiger partial charge >= 0.3 is 0 Å². The van der Waals surface area contributed by atoms with Gasteiger partial charge in [-0.2, -0.15) is 0 Å². The van der Waals surface area contributed by atoms with Gasteiger partial charge in [-0.25, -0.2) is 0 Å². The molecule has 0 aliphatic heterocycles. The first-order valence-corrected chi connectivity index (χ1v) is 8.39. The Morgan fingerprint density at radius 2 is 2.05 bits per heavy atom. The first-order chi connectivity index (χ1) is 9.10. The maximum atomic E-state index is 6.31. The molecule has 2 aromatic rings. The number of rotatable bonds is 5. The maximum absolute atomic E-state index is 6.31. The van der Waals surface area contributed by atoms with Gasteiger partial charge in [0.05, 0.1) is 4.34 Å². The van der Waals surface area contributed by atoms with Crippen LogP contribution in [0.3, 0.4) is 0 Å². The van der Waals surface area contributed by atoms with Crippen LogP contribution in [0, 0.1) is 0 Å². The molecule has 0 amide bonds. The lowest BCUT2D eigenvalue weighted by Gasteiger charge is -2.19. The van der Waals surface area contributed by atoms with Crippen molar-refractivity contribution in [1.29, 1.82) is 0 Å². The standard InChI is InChI=1S/C14H14BrCl2NS/c1-2-18-13(8-10-4-6-14(17)19-10)11-7-9(15)3-5-12(11)16/h3-7,13,18H,2,8H2,1H3. The minimum absolute atomic E-state index is 0.199. The van der Waals surface area contributed by atoms with E-state index in [0.29, 0.717) is 0 Å². The Morgan fingerprint density at radius 3 is 2.68 bits per heavy atom. The van der Waals surface area contributed by atoms with E-state index in [9.17, 15) is 0 Å². The van der Waals surface area contributed by atoms with Gasteiger partial charge in [0.15, 0.2) is 0 Å². The monoisotopic (exact) mass is 377 g/mol. The molecule has 0 radical (unpaired) electrons. The van der Waals surface area contributed by atoms with Crippen LogP contribution in [0.15, 0.2) is 34.8 Å². The zero-order valence-electron chi connectivity index (χ0n) is 10.4. The van der Waals surface area contributed by atoms with Gasteiger partial charge < -0.3 is 5.32 Å². The summed E-state index contributed by atoms with van der Waals surface area (Å²) < 4.78 is 1.87. The Labute approximate surface area is 136 Å². The number of benzene rings is 1. The third-order valence-corrected chi connectivity index (χ3v) is 4.91. The van der Waals surface area contributed by atoms with Crippen molar-refractivity contribution in [2.75, 3.05) is 6.54 Å². The van der Waals surface area contributed by atoms with Crippen LogP contribution < -0.4 is 5.32 Å². The van der Waals surface area contributed by atoms with Crippen LogP contribution in [-0.2, 0) is 6.42 Å². The Bertz CT molecular complexity index is 556. The van der Waals surface area contributed by atoms with E-state index in [4.69, 9.17) is 23.2 Å². The molecule has 19 heavy (non-hydrogen) atoms.